The molecule has 2 N–H and O–H groups in total. The van der Waals surface area contributed by atoms with E-state index in [1.807, 2.05) is 6.26 Å². The van der Waals surface area contributed by atoms with E-state index >= 15 is 0 Å². The zero-order chi connectivity index (χ0) is 13.5. The SMILES string of the molecule is CSCCCNc1cnc([N+](=O)[O-])cc1C(=O)O. The molecule has 0 saturated heterocycles. The standard InChI is InChI=1S/C10H13N3O4S/c1-18-4-2-3-11-8-6-12-9(13(16)17)5-7(8)10(14)15/h5-6,11H,2-4H2,1H3,(H,14,15). The molecule has 0 bridgehead atoms. The summed E-state index contributed by atoms with van der Waals surface area (Å²) in [5.41, 5.74) is 0.162. The number of carboxylic acids is 1. The Morgan fingerprint density at radius 3 is 2.94 bits per heavy atom. The molecule has 0 aliphatic carbocycles. The highest BCUT2D eigenvalue weighted by molar-refractivity contribution is 7.98. The highest BCUT2D eigenvalue weighted by Gasteiger charge is 2.17. The average molecular weight is 271 g/mol. The Morgan fingerprint density at radius 1 is 1.67 bits per heavy atom. The topological polar surface area (TPSA) is 105 Å². The molecule has 1 rings (SSSR count). The van der Waals surface area contributed by atoms with Crippen molar-refractivity contribution in [1.82, 2.24) is 4.98 Å². The summed E-state index contributed by atoms with van der Waals surface area (Å²) >= 11 is 1.69. The van der Waals surface area contributed by atoms with Gasteiger partial charge in [-0.1, -0.05) is 0 Å². The van der Waals surface area contributed by atoms with Crippen molar-refractivity contribution in [2.24, 2.45) is 0 Å². The Bertz CT molecular complexity index is 453. The predicted octanol–water partition coefficient (Wildman–Crippen LogP) is 1.85. The second-order valence-electron chi connectivity index (χ2n) is 3.42. The van der Waals surface area contributed by atoms with Crippen molar-refractivity contribution in [2.75, 3.05) is 23.9 Å². The van der Waals surface area contributed by atoms with Crippen LogP contribution in [-0.4, -0.2) is 39.5 Å². The number of carboxylic acid groups (broad SMARTS) is 1. The van der Waals surface area contributed by atoms with E-state index in [1.54, 1.807) is 11.8 Å². The Morgan fingerprint density at radius 2 is 2.39 bits per heavy atom. The third-order valence-corrected chi connectivity index (χ3v) is 2.84. The van der Waals surface area contributed by atoms with E-state index in [-0.39, 0.29) is 5.56 Å². The number of anilines is 1. The van der Waals surface area contributed by atoms with E-state index in [2.05, 4.69) is 10.3 Å². The number of rotatable bonds is 7. The number of nitrogens with one attached hydrogen (secondary N) is 1. The Balaban J connectivity index is 2.83. The van der Waals surface area contributed by atoms with Crippen molar-refractivity contribution in [3.05, 3.63) is 27.9 Å². The maximum Gasteiger partial charge on any atom is 0.364 e. The molecule has 0 aliphatic rings. The van der Waals surface area contributed by atoms with Gasteiger partial charge in [-0.25, -0.2) is 4.79 Å². The predicted molar refractivity (Wildman–Crippen MR) is 69.3 cm³/mol. The lowest BCUT2D eigenvalue weighted by atomic mass is 10.2. The quantitative estimate of drug-likeness (QED) is 0.443. The largest absolute Gasteiger partial charge is 0.478 e. The van der Waals surface area contributed by atoms with Gasteiger partial charge in [-0.15, -0.1) is 0 Å². The zero-order valence-corrected chi connectivity index (χ0v) is 10.6. The lowest BCUT2D eigenvalue weighted by molar-refractivity contribution is -0.389. The first kappa shape index (κ1) is 14.2. The molecule has 8 heteroatoms. The number of thioether (sulfide) groups is 1. The number of nitrogens with zero attached hydrogens (tertiary/aromatic N) is 2. The lowest BCUT2D eigenvalue weighted by Crippen LogP contribution is -2.09. The zero-order valence-electron chi connectivity index (χ0n) is 9.75. The van der Waals surface area contributed by atoms with Gasteiger partial charge in [0.1, 0.15) is 0 Å². The van der Waals surface area contributed by atoms with Gasteiger partial charge in [0, 0.05) is 6.54 Å². The van der Waals surface area contributed by atoms with Crippen LogP contribution in [0.3, 0.4) is 0 Å². The molecule has 0 saturated carbocycles. The van der Waals surface area contributed by atoms with Crippen molar-refractivity contribution in [3.8, 4) is 0 Å². The Kier molecular flexibility index (Phi) is 5.37. The maximum absolute atomic E-state index is 11.0. The van der Waals surface area contributed by atoms with Gasteiger partial charge in [0.2, 0.25) is 0 Å². The third-order valence-electron chi connectivity index (χ3n) is 2.15. The minimum atomic E-state index is -1.21. The summed E-state index contributed by atoms with van der Waals surface area (Å²) in [5.74, 6) is -0.731. The van der Waals surface area contributed by atoms with Gasteiger partial charge in [-0.2, -0.15) is 11.8 Å². The van der Waals surface area contributed by atoms with Crippen LogP contribution < -0.4 is 5.32 Å². The van der Waals surface area contributed by atoms with Gasteiger partial charge < -0.3 is 20.5 Å². The van der Waals surface area contributed by atoms with E-state index < -0.39 is 16.7 Å². The van der Waals surface area contributed by atoms with Crippen LogP contribution in [0.1, 0.15) is 16.8 Å². The van der Waals surface area contributed by atoms with Crippen LogP contribution in [0.25, 0.3) is 0 Å². The van der Waals surface area contributed by atoms with Gasteiger partial charge >= 0.3 is 11.8 Å². The second kappa shape index (κ2) is 6.80. The van der Waals surface area contributed by atoms with Crippen molar-refractivity contribution in [3.63, 3.8) is 0 Å². The molecule has 0 aromatic carbocycles. The minimum absolute atomic E-state index is 0.138. The lowest BCUT2D eigenvalue weighted by Gasteiger charge is -2.07. The number of hydrogen-bond acceptors (Lipinski definition) is 6. The van der Waals surface area contributed by atoms with Gasteiger partial charge in [0.25, 0.3) is 0 Å². The first-order chi connectivity index (χ1) is 8.56. The third kappa shape index (κ3) is 3.88. The molecular formula is C10H13N3O4S. The molecule has 0 unspecified atom stereocenters. The monoisotopic (exact) mass is 271 g/mol. The van der Waals surface area contributed by atoms with Crippen LogP contribution in [0.15, 0.2) is 12.3 Å². The van der Waals surface area contributed by atoms with Crippen molar-refractivity contribution in [1.29, 1.82) is 0 Å². The summed E-state index contributed by atoms with van der Waals surface area (Å²) in [6.45, 7) is 0.598. The maximum atomic E-state index is 11.0. The number of nitro groups is 1. The second-order valence-corrected chi connectivity index (χ2v) is 4.41. The highest BCUT2D eigenvalue weighted by Crippen LogP contribution is 2.19. The molecule has 0 spiro atoms. The minimum Gasteiger partial charge on any atom is -0.478 e. The fourth-order valence-corrected chi connectivity index (χ4v) is 1.73. The van der Waals surface area contributed by atoms with Crippen molar-refractivity contribution in [2.45, 2.75) is 6.42 Å². The molecule has 98 valence electrons. The first-order valence-electron chi connectivity index (χ1n) is 5.16. The van der Waals surface area contributed by atoms with E-state index in [0.29, 0.717) is 12.2 Å². The van der Waals surface area contributed by atoms with Crippen LogP contribution in [0, 0.1) is 10.1 Å². The molecule has 0 amide bonds. The van der Waals surface area contributed by atoms with E-state index in [9.17, 15) is 14.9 Å². The number of aromatic carboxylic acids is 1. The molecule has 7 nitrogen and oxygen atoms in total. The molecule has 18 heavy (non-hydrogen) atoms. The van der Waals surface area contributed by atoms with E-state index in [0.717, 1.165) is 18.2 Å². The fourth-order valence-electron chi connectivity index (χ4n) is 1.30. The summed E-state index contributed by atoms with van der Waals surface area (Å²) < 4.78 is 0. The van der Waals surface area contributed by atoms with E-state index in [4.69, 9.17) is 5.11 Å². The van der Waals surface area contributed by atoms with Gasteiger partial charge in [0.15, 0.2) is 6.20 Å². The Hall–Kier alpha value is -1.83. The normalized spacial score (nSPS) is 10.1. The van der Waals surface area contributed by atoms with Crippen LogP contribution >= 0.6 is 11.8 Å². The van der Waals surface area contributed by atoms with Crippen LogP contribution in [0.2, 0.25) is 0 Å². The first-order valence-corrected chi connectivity index (χ1v) is 6.56. The fraction of sp³-hybridized carbons (Fsp3) is 0.400. The molecule has 0 fully saturated rings. The summed E-state index contributed by atoms with van der Waals surface area (Å²) in [6, 6.07) is 0.958. The molecule has 0 atom stereocenters. The Labute approximate surface area is 108 Å². The number of carbonyl (C=O) groups is 1. The smallest absolute Gasteiger partial charge is 0.364 e. The summed E-state index contributed by atoms with van der Waals surface area (Å²) in [4.78, 5) is 24.4. The number of hydrogen-bond donors (Lipinski definition) is 2. The van der Waals surface area contributed by atoms with Gasteiger partial charge in [0.05, 0.1) is 17.3 Å². The average Bonchev–Trinajstić information content (AvgIpc) is 2.34. The van der Waals surface area contributed by atoms with Crippen LogP contribution in [0.5, 0.6) is 0 Å². The molecule has 0 radical (unpaired) electrons. The molecule has 1 aromatic rings. The molecular weight excluding hydrogens is 258 g/mol. The molecule has 1 heterocycles. The van der Waals surface area contributed by atoms with Gasteiger partial charge in [-0.05, 0) is 28.3 Å². The van der Waals surface area contributed by atoms with Crippen LogP contribution in [0.4, 0.5) is 11.5 Å². The summed E-state index contributed by atoms with van der Waals surface area (Å²) in [5, 5.41) is 22.4. The van der Waals surface area contributed by atoms with Crippen molar-refractivity contribution < 1.29 is 14.8 Å². The van der Waals surface area contributed by atoms with Gasteiger partial charge in [-0.3, -0.25) is 0 Å². The van der Waals surface area contributed by atoms with Crippen molar-refractivity contribution >= 4 is 29.2 Å². The molecule has 0 aliphatic heterocycles. The highest BCUT2D eigenvalue weighted by atomic mass is 32.2. The number of aromatic nitrogens is 1. The van der Waals surface area contributed by atoms with E-state index in [1.165, 1.54) is 6.20 Å². The van der Waals surface area contributed by atoms with Crippen LogP contribution in [-0.2, 0) is 0 Å². The summed E-state index contributed by atoms with van der Waals surface area (Å²) in [7, 11) is 0. The number of pyridine rings is 1. The molecule has 1 aromatic heterocycles. The summed E-state index contributed by atoms with van der Waals surface area (Å²) in [6.07, 6.45) is 4.04.